The highest BCUT2D eigenvalue weighted by atomic mass is 79.9. The molecule has 0 spiro atoms. The van der Waals surface area contributed by atoms with Gasteiger partial charge in [0.2, 0.25) is 11.7 Å². The van der Waals surface area contributed by atoms with Crippen LogP contribution in [0.1, 0.15) is 11.5 Å². The van der Waals surface area contributed by atoms with Crippen LogP contribution in [0.15, 0.2) is 45.4 Å². The van der Waals surface area contributed by atoms with Crippen molar-refractivity contribution in [3.8, 4) is 22.9 Å². The maximum absolute atomic E-state index is 12.4. The van der Waals surface area contributed by atoms with Crippen molar-refractivity contribution < 1.29 is 22.8 Å². The summed E-state index contributed by atoms with van der Waals surface area (Å²) in [6, 6.07) is 10.3. The molecule has 3 aromatic rings. The molecule has 6 nitrogen and oxygen atoms in total. The fraction of sp³-hybridized carbons (Fsp3) is 0.222. The van der Waals surface area contributed by atoms with E-state index in [1.54, 1.807) is 6.07 Å². The molecule has 0 aliphatic rings. The van der Waals surface area contributed by atoms with Gasteiger partial charge in [-0.3, -0.25) is 0 Å². The SMILES string of the molecule is COc1cc(-c2noc(CNc3ccc(Br)c(C)c3)n2)ccc1OC(F)F. The average Bonchev–Trinajstić information content (AvgIpc) is 3.11. The minimum Gasteiger partial charge on any atom is -0.493 e. The van der Waals surface area contributed by atoms with Gasteiger partial charge in [0.05, 0.1) is 13.7 Å². The number of ether oxygens (including phenoxy) is 2. The van der Waals surface area contributed by atoms with Crippen LogP contribution in [0.25, 0.3) is 11.4 Å². The van der Waals surface area contributed by atoms with Crippen LogP contribution in [0.2, 0.25) is 0 Å². The topological polar surface area (TPSA) is 69.4 Å². The first-order valence-corrected chi connectivity index (χ1v) is 8.71. The van der Waals surface area contributed by atoms with Crippen LogP contribution in [0, 0.1) is 6.92 Å². The third-order valence-corrected chi connectivity index (χ3v) is 4.60. The van der Waals surface area contributed by atoms with Gasteiger partial charge in [0.1, 0.15) is 0 Å². The molecule has 1 N–H and O–H groups in total. The van der Waals surface area contributed by atoms with E-state index in [0.717, 1.165) is 15.7 Å². The number of rotatable bonds is 7. The van der Waals surface area contributed by atoms with Crippen LogP contribution in [0.5, 0.6) is 11.5 Å². The zero-order valence-corrected chi connectivity index (χ0v) is 16.1. The third kappa shape index (κ3) is 4.73. The number of aromatic nitrogens is 2. The maximum Gasteiger partial charge on any atom is 0.387 e. The van der Waals surface area contributed by atoms with Gasteiger partial charge in [-0.25, -0.2) is 0 Å². The molecule has 0 radical (unpaired) electrons. The van der Waals surface area contributed by atoms with Crippen molar-refractivity contribution in [2.24, 2.45) is 0 Å². The van der Waals surface area contributed by atoms with Gasteiger partial charge in [0.25, 0.3) is 0 Å². The number of nitrogens with one attached hydrogen (secondary N) is 1. The van der Waals surface area contributed by atoms with E-state index in [2.05, 4.69) is 36.1 Å². The Labute approximate surface area is 162 Å². The fourth-order valence-corrected chi connectivity index (χ4v) is 2.62. The Morgan fingerprint density at radius 1 is 1.19 bits per heavy atom. The van der Waals surface area contributed by atoms with E-state index in [0.29, 0.717) is 23.8 Å². The summed E-state index contributed by atoms with van der Waals surface area (Å²) < 4.78 is 40.6. The zero-order valence-electron chi connectivity index (χ0n) is 14.5. The monoisotopic (exact) mass is 439 g/mol. The second kappa shape index (κ2) is 8.34. The largest absolute Gasteiger partial charge is 0.493 e. The number of alkyl halides is 2. The smallest absolute Gasteiger partial charge is 0.387 e. The van der Waals surface area contributed by atoms with E-state index >= 15 is 0 Å². The molecule has 0 saturated heterocycles. The standard InChI is InChI=1S/C18H16BrF2N3O3/c1-10-7-12(4-5-13(10)19)22-9-16-23-17(24-27-16)11-3-6-14(26-18(20)21)15(8-11)25-2/h3-8,18,22H,9H2,1-2H3. The minimum atomic E-state index is -2.94. The van der Waals surface area contributed by atoms with Gasteiger partial charge in [0.15, 0.2) is 11.5 Å². The lowest BCUT2D eigenvalue weighted by Crippen LogP contribution is -2.03. The first-order chi connectivity index (χ1) is 13.0. The highest BCUT2D eigenvalue weighted by Crippen LogP contribution is 2.32. The van der Waals surface area contributed by atoms with E-state index in [1.807, 2.05) is 25.1 Å². The second-order valence-corrected chi connectivity index (χ2v) is 6.43. The Morgan fingerprint density at radius 3 is 2.70 bits per heavy atom. The first kappa shape index (κ1) is 19.1. The van der Waals surface area contributed by atoms with Crippen molar-refractivity contribution >= 4 is 21.6 Å². The van der Waals surface area contributed by atoms with E-state index in [4.69, 9.17) is 9.26 Å². The highest BCUT2D eigenvalue weighted by Gasteiger charge is 2.15. The van der Waals surface area contributed by atoms with Gasteiger partial charge in [-0.2, -0.15) is 13.8 Å². The molecule has 27 heavy (non-hydrogen) atoms. The predicted octanol–water partition coefficient (Wildman–Crippen LogP) is 5.03. The summed E-state index contributed by atoms with van der Waals surface area (Å²) in [6.45, 7) is -0.595. The minimum absolute atomic E-state index is 0.0627. The lowest BCUT2D eigenvalue weighted by atomic mass is 10.2. The highest BCUT2D eigenvalue weighted by molar-refractivity contribution is 9.10. The van der Waals surface area contributed by atoms with Gasteiger partial charge in [-0.15, -0.1) is 0 Å². The molecule has 0 atom stereocenters. The van der Waals surface area contributed by atoms with Crippen molar-refractivity contribution in [3.05, 3.63) is 52.3 Å². The molecule has 0 fully saturated rings. The van der Waals surface area contributed by atoms with Crippen molar-refractivity contribution in [1.29, 1.82) is 0 Å². The number of aryl methyl sites for hydroxylation is 1. The summed E-state index contributed by atoms with van der Waals surface area (Å²) >= 11 is 3.45. The molecule has 0 aliphatic carbocycles. The zero-order chi connectivity index (χ0) is 19.4. The van der Waals surface area contributed by atoms with Crippen molar-refractivity contribution in [2.75, 3.05) is 12.4 Å². The number of halogens is 3. The summed E-state index contributed by atoms with van der Waals surface area (Å²) in [4.78, 5) is 4.31. The Kier molecular flexibility index (Phi) is 5.90. The van der Waals surface area contributed by atoms with Crippen molar-refractivity contribution in [1.82, 2.24) is 10.1 Å². The number of benzene rings is 2. The molecular weight excluding hydrogens is 424 g/mol. The Hall–Kier alpha value is -2.68. The first-order valence-electron chi connectivity index (χ1n) is 7.92. The molecule has 0 amide bonds. The van der Waals surface area contributed by atoms with Crippen LogP contribution in [0.3, 0.4) is 0 Å². The molecule has 142 valence electrons. The number of hydrogen-bond donors (Lipinski definition) is 1. The number of anilines is 1. The van der Waals surface area contributed by atoms with Gasteiger partial charge in [0, 0.05) is 15.7 Å². The molecule has 1 heterocycles. The Morgan fingerprint density at radius 2 is 2.00 bits per heavy atom. The molecule has 0 bridgehead atoms. The third-order valence-electron chi connectivity index (χ3n) is 3.71. The molecule has 9 heteroatoms. The van der Waals surface area contributed by atoms with E-state index in [9.17, 15) is 8.78 Å². The number of methoxy groups -OCH3 is 1. The maximum atomic E-state index is 12.4. The average molecular weight is 440 g/mol. The summed E-state index contributed by atoms with van der Waals surface area (Å²) in [6.07, 6.45) is 0. The summed E-state index contributed by atoms with van der Waals surface area (Å²) in [5, 5.41) is 7.12. The van der Waals surface area contributed by atoms with Gasteiger partial charge in [-0.1, -0.05) is 21.1 Å². The van der Waals surface area contributed by atoms with Crippen LogP contribution in [-0.4, -0.2) is 23.9 Å². The van der Waals surface area contributed by atoms with Crippen LogP contribution < -0.4 is 14.8 Å². The van der Waals surface area contributed by atoms with Crippen LogP contribution in [-0.2, 0) is 6.54 Å². The van der Waals surface area contributed by atoms with Gasteiger partial charge < -0.3 is 19.3 Å². The van der Waals surface area contributed by atoms with Crippen molar-refractivity contribution in [3.63, 3.8) is 0 Å². The normalized spacial score (nSPS) is 10.9. The molecule has 0 unspecified atom stereocenters. The van der Waals surface area contributed by atoms with Crippen molar-refractivity contribution in [2.45, 2.75) is 20.1 Å². The fourth-order valence-electron chi connectivity index (χ4n) is 2.38. The van der Waals surface area contributed by atoms with Gasteiger partial charge in [-0.05, 0) is 48.9 Å². The lowest BCUT2D eigenvalue weighted by Gasteiger charge is -2.10. The predicted molar refractivity (Wildman–Crippen MR) is 99.1 cm³/mol. The van der Waals surface area contributed by atoms with E-state index < -0.39 is 6.61 Å². The second-order valence-electron chi connectivity index (χ2n) is 5.57. The molecular formula is C18H16BrF2N3O3. The summed E-state index contributed by atoms with van der Waals surface area (Å²) in [5.41, 5.74) is 2.58. The van der Waals surface area contributed by atoms with Crippen LogP contribution in [0.4, 0.5) is 14.5 Å². The van der Waals surface area contributed by atoms with E-state index in [-0.39, 0.29) is 11.5 Å². The van der Waals surface area contributed by atoms with Gasteiger partial charge >= 0.3 is 6.61 Å². The molecule has 1 aromatic heterocycles. The quantitative estimate of drug-likeness (QED) is 0.556. The lowest BCUT2D eigenvalue weighted by molar-refractivity contribution is -0.0512. The Bertz CT molecular complexity index is 934. The molecule has 2 aromatic carbocycles. The van der Waals surface area contributed by atoms with E-state index in [1.165, 1.54) is 19.2 Å². The molecule has 3 rings (SSSR count). The summed E-state index contributed by atoms with van der Waals surface area (Å²) in [5.74, 6) is 0.799. The number of hydrogen-bond acceptors (Lipinski definition) is 6. The summed E-state index contributed by atoms with van der Waals surface area (Å²) in [7, 11) is 1.36. The molecule has 0 aliphatic heterocycles. The Balaban J connectivity index is 1.72. The van der Waals surface area contributed by atoms with Crippen LogP contribution >= 0.6 is 15.9 Å². The number of nitrogens with zero attached hydrogens (tertiary/aromatic N) is 2. The molecule has 0 saturated carbocycles.